The normalized spacial score (nSPS) is 12.6. The summed E-state index contributed by atoms with van der Waals surface area (Å²) in [7, 11) is 0. The van der Waals surface area contributed by atoms with Gasteiger partial charge in [-0.25, -0.2) is 0 Å². The highest BCUT2D eigenvalue weighted by Crippen LogP contribution is 2.28. The van der Waals surface area contributed by atoms with Gasteiger partial charge in [0.2, 0.25) is 11.8 Å². The van der Waals surface area contributed by atoms with E-state index in [9.17, 15) is 9.59 Å². The van der Waals surface area contributed by atoms with Crippen LogP contribution in [0.15, 0.2) is 77.3 Å². The van der Waals surface area contributed by atoms with Crippen LogP contribution in [0.4, 0.5) is 0 Å². The number of amides is 2. The molecule has 3 rings (SSSR count). The maximum Gasteiger partial charge on any atom is 0.243 e. The summed E-state index contributed by atoms with van der Waals surface area (Å²) >= 11 is 17.6. The summed E-state index contributed by atoms with van der Waals surface area (Å²) in [5.41, 5.74) is 2.74. The van der Waals surface area contributed by atoms with Crippen molar-refractivity contribution in [3.05, 3.63) is 104 Å². The lowest BCUT2D eigenvalue weighted by molar-refractivity contribution is -0.139. The van der Waals surface area contributed by atoms with Crippen LogP contribution in [0.5, 0.6) is 0 Å². The first-order valence-electron chi connectivity index (χ1n) is 12.2. The van der Waals surface area contributed by atoms with Crippen molar-refractivity contribution in [2.45, 2.75) is 51.1 Å². The van der Waals surface area contributed by atoms with Gasteiger partial charge in [0.1, 0.15) is 6.04 Å². The number of nitrogens with zero attached hydrogens (tertiary/aromatic N) is 1. The fourth-order valence-corrected chi connectivity index (χ4v) is 5.91. The summed E-state index contributed by atoms with van der Waals surface area (Å²) in [6.07, 6.45) is 1.22. The van der Waals surface area contributed by atoms with E-state index in [1.165, 1.54) is 11.8 Å². The van der Waals surface area contributed by atoms with Crippen LogP contribution < -0.4 is 5.32 Å². The van der Waals surface area contributed by atoms with Crippen molar-refractivity contribution in [1.82, 2.24) is 10.2 Å². The van der Waals surface area contributed by atoms with E-state index in [1.807, 2.05) is 68.4 Å². The van der Waals surface area contributed by atoms with Gasteiger partial charge in [-0.3, -0.25) is 9.59 Å². The van der Waals surface area contributed by atoms with E-state index in [4.69, 9.17) is 23.2 Å². The third kappa shape index (κ3) is 9.06. The summed E-state index contributed by atoms with van der Waals surface area (Å²) in [6, 6.07) is 22.3. The van der Waals surface area contributed by atoms with E-state index >= 15 is 0 Å². The minimum Gasteiger partial charge on any atom is -0.352 e. The Kier molecular flexibility index (Phi) is 11.8. The van der Waals surface area contributed by atoms with Crippen molar-refractivity contribution < 1.29 is 9.59 Å². The Morgan fingerprint density at radius 2 is 1.62 bits per heavy atom. The van der Waals surface area contributed by atoms with Crippen molar-refractivity contribution in [2.75, 3.05) is 5.75 Å². The molecule has 0 unspecified atom stereocenters. The minimum atomic E-state index is -0.660. The van der Waals surface area contributed by atoms with Crippen LogP contribution in [0, 0.1) is 0 Å². The molecule has 0 fully saturated rings. The smallest absolute Gasteiger partial charge is 0.243 e. The number of halogens is 3. The third-order valence-electron chi connectivity index (χ3n) is 6.05. The summed E-state index contributed by atoms with van der Waals surface area (Å²) in [5, 5.41) is 4.25. The highest BCUT2D eigenvalue weighted by atomic mass is 79.9. The second-order valence-electron chi connectivity index (χ2n) is 8.87. The van der Waals surface area contributed by atoms with Gasteiger partial charge >= 0.3 is 0 Å². The molecular weight excluding hydrogens is 591 g/mol. The molecule has 2 amide bonds. The van der Waals surface area contributed by atoms with Crippen LogP contribution in [0.1, 0.15) is 37.0 Å². The molecule has 8 heteroatoms. The molecular formula is C29H31BrCl2N2O2S. The Morgan fingerprint density at radius 3 is 2.27 bits per heavy atom. The monoisotopic (exact) mass is 620 g/mol. The van der Waals surface area contributed by atoms with Gasteiger partial charge in [-0.15, -0.1) is 11.8 Å². The van der Waals surface area contributed by atoms with E-state index < -0.39 is 6.04 Å². The number of hydrogen-bond donors (Lipinski definition) is 1. The minimum absolute atomic E-state index is 0.00494. The SMILES string of the molecule is CC[C@H](C)NC(=O)[C@H](Cc1ccccc1)N(Cc1cccc(Br)c1)C(=O)CSCc1c(Cl)cccc1Cl. The fourth-order valence-electron chi connectivity index (χ4n) is 3.82. The zero-order valence-electron chi connectivity index (χ0n) is 20.9. The summed E-state index contributed by atoms with van der Waals surface area (Å²) in [4.78, 5) is 29.0. The van der Waals surface area contributed by atoms with Crippen LogP contribution in [0.2, 0.25) is 10.0 Å². The first kappa shape index (κ1) is 29.6. The zero-order chi connectivity index (χ0) is 26.8. The quantitative estimate of drug-likeness (QED) is 0.227. The van der Waals surface area contributed by atoms with Crippen molar-refractivity contribution in [3.63, 3.8) is 0 Å². The van der Waals surface area contributed by atoms with E-state index in [0.29, 0.717) is 28.8 Å². The molecule has 0 heterocycles. The number of carbonyl (C=O) groups excluding carboxylic acids is 2. The largest absolute Gasteiger partial charge is 0.352 e. The highest BCUT2D eigenvalue weighted by molar-refractivity contribution is 9.10. The topological polar surface area (TPSA) is 49.4 Å². The Bertz CT molecular complexity index is 1180. The summed E-state index contributed by atoms with van der Waals surface area (Å²) < 4.78 is 0.920. The van der Waals surface area contributed by atoms with Crippen LogP contribution in [-0.2, 0) is 28.3 Å². The van der Waals surface area contributed by atoms with E-state index in [2.05, 4.69) is 21.2 Å². The standard InChI is InChI=1S/C29H31BrCl2N2O2S/c1-3-20(2)33-29(36)27(16-21-9-5-4-6-10-21)34(17-22-11-7-12-23(30)15-22)28(35)19-37-18-24-25(31)13-8-14-26(24)32/h4-15,20,27H,3,16-19H2,1-2H3,(H,33,36)/t20-,27-/m0/s1. The molecule has 0 spiro atoms. The van der Waals surface area contributed by atoms with E-state index in [1.54, 1.807) is 23.1 Å². The van der Waals surface area contributed by atoms with Crippen molar-refractivity contribution in [3.8, 4) is 0 Å². The molecule has 2 atom stereocenters. The molecule has 3 aromatic carbocycles. The van der Waals surface area contributed by atoms with Crippen LogP contribution in [0.25, 0.3) is 0 Å². The predicted molar refractivity (Wildman–Crippen MR) is 159 cm³/mol. The zero-order valence-corrected chi connectivity index (χ0v) is 24.8. The number of rotatable bonds is 12. The number of carbonyl (C=O) groups is 2. The molecule has 1 N–H and O–H groups in total. The predicted octanol–water partition coefficient (Wildman–Crippen LogP) is 7.54. The molecule has 196 valence electrons. The summed E-state index contributed by atoms with van der Waals surface area (Å²) in [6.45, 7) is 4.32. The molecule has 0 aliphatic rings. The maximum absolute atomic E-state index is 13.7. The van der Waals surface area contributed by atoms with Gasteiger partial charge in [0.05, 0.1) is 5.75 Å². The van der Waals surface area contributed by atoms with Gasteiger partial charge in [0.15, 0.2) is 0 Å². The number of hydrogen-bond acceptors (Lipinski definition) is 3. The summed E-state index contributed by atoms with van der Waals surface area (Å²) in [5.74, 6) is 0.420. The third-order valence-corrected chi connectivity index (χ3v) is 8.19. The molecule has 3 aromatic rings. The van der Waals surface area contributed by atoms with Gasteiger partial charge in [-0.05, 0) is 54.3 Å². The van der Waals surface area contributed by atoms with Gasteiger partial charge in [-0.1, -0.05) is 94.6 Å². The van der Waals surface area contributed by atoms with Crippen LogP contribution in [0.3, 0.4) is 0 Å². The lowest BCUT2D eigenvalue weighted by Gasteiger charge is -2.32. The van der Waals surface area contributed by atoms with Gasteiger partial charge < -0.3 is 10.2 Å². The van der Waals surface area contributed by atoms with Crippen LogP contribution >= 0.6 is 50.9 Å². The van der Waals surface area contributed by atoms with Crippen molar-refractivity contribution >= 4 is 62.7 Å². The van der Waals surface area contributed by atoms with Gasteiger partial charge in [0.25, 0.3) is 0 Å². The van der Waals surface area contributed by atoms with Crippen molar-refractivity contribution in [1.29, 1.82) is 0 Å². The molecule has 0 saturated heterocycles. The highest BCUT2D eigenvalue weighted by Gasteiger charge is 2.31. The second kappa shape index (κ2) is 14.8. The Balaban J connectivity index is 1.88. The first-order chi connectivity index (χ1) is 17.8. The van der Waals surface area contributed by atoms with E-state index in [0.717, 1.165) is 27.6 Å². The molecule has 0 radical (unpaired) electrons. The Labute approximate surface area is 242 Å². The van der Waals surface area contributed by atoms with E-state index in [-0.39, 0.29) is 23.6 Å². The molecule has 0 aromatic heterocycles. The molecule has 37 heavy (non-hydrogen) atoms. The molecule has 0 aliphatic heterocycles. The lowest BCUT2D eigenvalue weighted by Crippen LogP contribution is -2.52. The second-order valence-corrected chi connectivity index (χ2v) is 11.6. The maximum atomic E-state index is 13.7. The van der Waals surface area contributed by atoms with Crippen LogP contribution in [-0.4, -0.2) is 34.6 Å². The number of benzene rings is 3. The average Bonchev–Trinajstić information content (AvgIpc) is 2.88. The Hall–Kier alpha value is -1.99. The molecule has 0 saturated carbocycles. The number of nitrogens with one attached hydrogen (secondary N) is 1. The Morgan fingerprint density at radius 1 is 0.973 bits per heavy atom. The molecule has 0 bridgehead atoms. The fraction of sp³-hybridized carbons (Fsp3) is 0.310. The molecule has 4 nitrogen and oxygen atoms in total. The molecule has 0 aliphatic carbocycles. The average molecular weight is 622 g/mol. The lowest BCUT2D eigenvalue weighted by atomic mass is 10.0. The van der Waals surface area contributed by atoms with Gasteiger partial charge in [0, 0.05) is 39.3 Å². The van der Waals surface area contributed by atoms with Crippen molar-refractivity contribution in [2.24, 2.45) is 0 Å². The van der Waals surface area contributed by atoms with Gasteiger partial charge in [-0.2, -0.15) is 0 Å². The number of thioether (sulfide) groups is 1. The first-order valence-corrected chi connectivity index (χ1v) is 14.9.